The number of carbonyl (C=O) groups excluding carboxylic acids is 3. The Balaban J connectivity index is 1.68. The largest absolute Gasteiger partial charge is 0.449 e. The molecule has 1 atom stereocenters. The van der Waals surface area contributed by atoms with Gasteiger partial charge >= 0.3 is 5.97 Å². The van der Waals surface area contributed by atoms with Crippen molar-refractivity contribution in [2.75, 3.05) is 16.4 Å². The quantitative estimate of drug-likeness (QED) is 0.770. The van der Waals surface area contributed by atoms with E-state index in [9.17, 15) is 14.4 Å². The molecule has 2 aromatic rings. The number of carbonyl (C=O) groups is 3. The molecule has 0 radical (unpaired) electrons. The van der Waals surface area contributed by atoms with Gasteiger partial charge in [0.2, 0.25) is 5.91 Å². The predicted octanol–water partition coefficient (Wildman–Crippen LogP) is 3.18. The number of benzene rings is 2. The molecule has 2 amide bonds. The van der Waals surface area contributed by atoms with Gasteiger partial charge in [0.1, 0.15) is 6.07 Å². The summed E-state index contributed by atoms with van der Waals surface area (Å²) >= 11 is 1.53. The van der Waals surface area contributed by atoms with E-state index in [1.54, 1.807) is 42.5 Å². The number of esters is 1. The lowest BCUT2D eigenvalue weighted by Crippen LogP contribution is -2.30. The first kappa shape index (κ1) is 19.5. The van der Waals surface area contributed by atoms with Gasteiger partial charge in [0, 0.05) is 17.1 Å². The lowest BCUT2D eigenvalue weighted by molar-refractivity contribution is -0.123. The van der Waals surface area contributed by atoms with E-state index in [1.165, 1.54) is 18.7 Å². The third kappa shape index (κ3) is 4.50. The Morgan fingerprint density at radius 1 is 1.29 bits per heavy atom. The summed E-state index contributed by atoms with van der Waals surface area (Å²) in [5.74, 6) is -0.665. The second-order valence-electron chi connectivity index (χ2n) is 6.05. The molecule has 0 bridgehead atoms. The summed E-state index contributed by atoms with van der Waals surface area (Å²) in [4.78, 5) is 37.3. The van der Waals surface area contributed by atoms with Gasteiger partial charge in [0.15, 0.2) is 6.10 Å². The Labute approximate surface area is 166 Å². The highest BCUT2D eigenvalue weighted by Gasteiger charge is 2.21. The average Bonchev–Trinajstić information content (AvgIpc) is 2.88. The van der Waals surface area contributed by atoms with Crippen LogP contribution >= 0.6 is 11.8 Å². The number of fused-ring (bicyclic) bond motifs is 1. The molecule has 8 heteroatoms. The molecule has 7 nitrogen and oxygen atoms in total. The van der Waals surface area contributed by atoms with Crippen LogP contribution in [0.25, 0.3) is 0 Å². The van der Waals surface area contributed by atoms with E-state index in [0.717, 1.165) is 4.90 Å². The predicted molar refractivity (Wildman–Crippen MR) is 105 cm³/mol. The molecular weight excluding hydrogens is 378 g/mol. The number of rotatable bonds is 4. The van der Waals surface area contributed by atoms with Gasteiger partial charge in [-0.25, -0.2) is 4.79 Å². The molecule has 1 aliphatic heterocycles. The second-order valence-corrected chi connectivity index (χ2v) is 7.19. The summed E-state index contributed by atoms with van der Waals surface area (Å²) in [6, 6.07) is 13.4. The van der Waals surface area contributed by atoms with Crippen LogP contribution in [0, 0.1) is 11.3 Å². The number of nitriles is 1. The van der Waals surface area contributed by atoms with Crippen molar-refractivity contribution in [1.82, 2.24) is 0 Å². The van der Waals surface area contributed by atoms with Gasteiger partial charge in [0.25, 0.3) is 5.91 Å². The number of nitrogens with one attached hydrogen (secondary N) is 2. The van der Waals surface area contributed by atoms with E-state index in [0.29, 0.717) is 29.1 Å². The Hall–Kier alpha value is -3.31. The minimum atomic E-state index is -1.07. The Morgan fingerprint density at radius 2 is 2.07 bits per heavy atom. The first-order valence-electron chi connectivity index (χ1n) is 8.55. The molecule has 2 aromatic carbocycles. The molecule has 0 unspecified atom stereocenters. The van der Waals surface area contributed by atoms with Crippen LogP contribution in [-0.4, -0.2) is 29.6 Å². The molecule has 0 aliphatic carbocycles. The van der Waals surface area contributed by atoms with Crippen molar-refractivity contribution in [1.29, 1.82) is 5.26 Å². The maximum atomic E-state index is 12.4. The van der Waals surface area contributed by atoms with Gasteiger partial charge in [0.05, 0.1) is 22.5 Å². The molecule has 2 N–H and O–H groups in total. The molecule has 1 aliphatic rings. The van der Waals surface area contributed by atoms with Crippen LogP contribution in [0.2, 0.25) is 0 Å². The van der Waals surface area contributed by atoms with Crippen molar-refractivity contribution in [2.45, 2.75) is 24.3 Å². The Morgan fingerprint density at radius 3 is 2.86 bits per heavy atom. The topological polar surface area (TPSA) is 108 Å². The van der Waals surface area contributed by atoms with Gasteiger partial charge in [-0.2, -0.15) is 5.26 Å². The molecule has 0 saturated carbocycles. The van der Waals surface area contributed by atoms with E-state index in [-0.39, 0.29) is 11.5 Å². The van der Waals surface area contributed by atoms with Crippen LogP contribution < -0.4 is 10.6 Å². The highest BCUT2D eigenvalue weighted by atomic mass is 32.2. The van der Waals surface area contributed by atoms with Gasteiger partial charge in [-0.05, 0) is 37.3 Å². The fraction of sp³-hybridized carbons (Fsp3) is 0.200. The number of anilines is 2. The summed E-state index contributed by atoms with van der Waals surface area (Å²) in [6.07, 6.45) is -0.664. The van der Waals surface area contributed by atoms with Gasteiger partial charge in [-0.1, -0.05) is 12.1 Å². The molecule has 28 heavy (non-hydrogen) atoms. The summed E-state index contributed by atoms with van der Waals surface area (Å²) < 4.78 is 5.24. The number of hydrogen-bond donors (Lipinski definition) is 2. The molecule has 0 aromatic heterocycles. The number of nitrogens with zero attached hydrogens (tertiary/aromatic N) is 1. The van der Waals surface area contributed by atoms with Crippen LogP contribution in [0.3, 0.4) is 0 Å². The number of thioether (sulfide) groups is 1. The first-order valence-corrected chi connectivity index (χ1v) is 9.54. The van der Waals surface area contributed by atoms with Crippen LogP contribution in [-0.2, 0) is 14.3 Å². The summed E-state index contributed by atoms with van der Waals surface area (Å²) in [7, 11) is 0. The van der Waals surface area contributed by atoms with Crippen molar-refractivity contribution >= 4 is 40.9 Å². The smallest absolute Gasteiger partial charge is 0.338 e. The zero-order valence-electron chi connectivity index (χ0n) is 15.0. The van der Waals surface area contributed by atoms with Crippen molar-refractivity contribution in [2.24, 2.45) is 0 Å². The standard InChI is InChI=1S/C20H17N3O4S/c1-12(19(25)23-15-5-3-2-4-14(15)11-21)27-20(26)13-6-7-17-16(10-13)22-18(24)8-9-28-17/h2-7,10,12H,8-9H2,1H3,(H,22,24)(H,23,25)/t12-/m0/s1. The van der Waals surface area contributed by atoms with Crippen molar-refractivity contribution in [3.05, 3.63) is 53.6 Å². The Kier molecular flexibility index (Phi) is 5.96. The van der Waals surface area contributed by atoms with Crippen LogP contribution in [0.5, 0.6) is 0 Å². The van der Waals surface area contributed by atoms with E-state index in [4.69, 9.17) is 10.00 Å². The summed E-state index contributed by atoms with van der Waals surface area (Å²) in [5, 5.41) is 14.4. The third-order valence-corrected chi connectivity index (χ3v) is 5.11. The van der Waals surface area contributed by atoms with Crippen LogP contribution in [0.4, 0.5) is 11.4 Å². The lowest BCUT2D eigenvalue weighted by atomic mass is 10.2. The molecule has 0 spiro atoms. The summed E-state index contributed by atoms with van der Waals surface area (Å²) in [6.45, 7) is 1.45. The van der Waals surface area contributed by atoms with Gasteiger partial charge in [-0.15, -0.1) is 11.8 Å². The molecule has 1 heterocycles. The highest BCUT2D eigenvalue weighted by molar-refractivity contribution is 7.99. The number of hydrogen-bond acceptors (Lipinski definition) is 6. The lowest BCUT2D eigenvalue weighted by Gasteiger charge is -2.15. The minimum Gasteiger partial charge on any atom is -0.449 e. The van der Waals surface area contributed by atoms with E-state index in [1.807, 2.05) is 6.07 Å². The van der Waals surface area contributed by atoms with Crippen LogP contribution in [0.1, 0.15) is 29.3 Å². The van der Waals surface area contributed by atoms with E-state index in [2.05, 4.69) is 10.6 Å². The maximum Gasteiger partial charge on any atom is 0.338 e. The van der Waals surface area contributed by atoms with Gasteiger partial charge in [-0.3, -0.25) is 9.59 Å². The summed E-state index contributed by atoms with van der Waals surface area (Å²) in [5.41, 5.74) is 1.46. The second kappa shape index (κ2) is 8.59. The fourth-order valence-corrected chi connectivity index (χ4v) is 3.49. The zero-order valence-corrected chi connectivity index (χ0v) is 15.8. The van der Waals surface area contributed by atoms with Crippen molar-refractivity contribution in [3.8, 4) is 6.07 Å². The molecule has 3 rings (SSSR count). The fourth-order valence-electron chi connectivity index (χ4n) is 2.55. The van der Waals surface area contributed by atoms with Crippen LogP contribution in [0.15, 0.2) is 47.4 Å². The third-order valence-electron chi connectivity index (χ3n) is 4.03. The SMILES string of the molecule is C[C@H](OC(=O)c1ccc2c(c1)NC(=O)CCS2)C(=O)Nc1ccccc1C#N. The monoisotopic (exact) mass is 395 g/mol. The first-order chi connectivity index (χ1) is 13.5. The highest BCUT2D eigenvalue weighted by Crippen LogP contribution is 2.31. The molecule has 0 fully saturated rings. The Bertz CT molecular complexity index is 984. The zero-order chi connectivity index (χ0) is 20.1. The van der Waals surface area contributed by atoms with E-state index < -0.39 is 18.0 Å². The number of ether oxygens (including phenoxy) is 1. The number of para-hydroxylation sites is 1. The average molecular weight is 395 g/mol. The van der Waals surface area contributed by atoms with Gasteiger partial charge < -0.3 is 15.4 Å². The number of amides is 2. The minimum absolute atomic E-state index is 0.110. The molecule has 142 valence electrons. The van der Waals surface area contributed by atoms with Crippen molar-refractivity contribution < 1.29 is 19.1 Å². The normalized spacial score (nSPS) is 13.9. The van der Waals surface area contributed by atoms with Crippen molar-refractivity contribution in [3.63, 3.8) is 0 Å². The maximum absolute atomic E-state index is 12.4. The molecule has 0 saturated heterocycles. The molecular formula is C20H17N3O4S. The van der Waals surface area contributed by atoms with E-state index >= 15 is 0 Å².